The van der Waals surface area contributed by atoms with Crippen molar-refractivity contribution in [1.29, 1.82) is 0 Å². The molecule has 100 valence electrons. The number of hydrogen-bond acceptors (Lipinski definition) is 3. The summed E-state index contributed by atoms with van der Waals surface area (Å²) in [5.74, 6) is 0.204. The van der Waals surface area contributed by atoms with Crippen LogP contribution < -0.4 is 9.62 Å². The van der Waals surface area contributed by atoms with E-state index in [9.17, 15) is 8.42 Å². The Morgan fingerprint density at radius 2 is 2.11 bits per heavy atom. The highest BCUT2D eigenvalue weighted by Gasteiger charge is 2.24. The van der Waals surface area contributed by atoms with Crippen molar-refractivity contribution >= 4 is 31.6 Å². The quantitative estimate of drug-likeness (QED) is 0.854. The molecule has 0 aliphatic carbocycles. The summed E-state index contributed by atoms with van der Waals surface area (Å²) in [6, 6.07) is 5.68. The molecule has 0 radical (unpaired) electrons. The van der Waals surface area contributed by atoms with Gasteiger partial charge in [-0.25, -0.2) is 8.42 Å². The molecule has 0 bridgehead atoms. The van der Waals surface area contributed by atoms with E-state index in [2.05, 4.69) is 21.2 Å². The molecule has 2 rings (SSSR count). The van der Waals surface area contributed by atoms with E-state index < -0.39 is 10.0 Å². The van der Waals surface area contributed by atoms with E-state index in [1.54, 1.807) is 0 Å². The van der Waals surface area contributed by atoms with Crippen LogP contribution in [-0.2, 0) is 10.0 Å². The van der Waals surface area contributed by atoms with Gasteiger partial charge in [0.1, 0.15) is 0 Å². The number of nitrogens with one attached hydrogen (secondary N) is 1. The third-order valence-corrected chi connectivity index (χ3v) is 5.36. The standard InChI is InChI=1S/C12H17BrN2O2S/c1-10-9-11(13)3-4-12(10)15-7-6-14-5-2-8-18(15,16)17/h3-4,9,14H,2,5-8H2,1H3. The van der Waals surface area contributed by atoms with E-state index in [1.807, 2.05) is 25.1 Å². The van der Waals surface area contributed by atoms with Gasteiger partial charge in [-0.2, -0.15) is 0 Å². The molecule has 1 aliphatic heterocycles. The molecule has 1 aromatic rings. The Balaban J connectivity index is 2.38. The third kappa shape index (κ3) is 3.05. The Kier molecular flexibility index (Phi) is 4.29. The molecule has 0 unspecified atom stereocenters. The number of nitrogens with zero attached hydrogens (tertiary/aromatic N) is 1. The highest BCUT2D eigenvalue weighted by molar-refractivity contribution is 9.10. The first kappa shape index (κ1) is 13.8. The number of benzene rings is 1. The van der Waals surface area contributed by atoms with E-state index in [0.717, 1.165) is 22.3 Å². The lowest BCUT2D eigenvalue weighted by Crippen LogP contribution is -2.42. The maximum Gasteiger partial charge on any atom is 0.235 e. The van der Waals surface area contributed by atoms with Crippen LogP contribution in [-0.4, -0.2) is 33.8 Å². The fourth-order valence-corrected chi connectivity index (χ4v) is 4.18. The Bertz CT molecular complexity index is 531. The fourth-order valence-electron chi connectivity index (χ4n) is 2.10. The molecule has 6 heteroatoms. The van der Waals surface area contributed by atoms with Gasteiger partial charge in [-0.05, 0) is 43.7 Å². The average Bonchev–Trinajstić information content (AvgIpc) is 2.27. The van der Waals surface area contributed by atoms with Crippen LogP contribution in [0.3, 0.4) is 0 Å². The Morgan fingerprint density at radius 1 is 1.33 bits per heavy atom. The molecule has 0 amide bonds. The molecule has 1 heterocycles. The number of hydrogen-bond donors (Lipinski definition) is 1. The summed E-state index contributed by atoms with van der Waals surface area (Å²) in [6.45, 7) is 3.88. The van der Waals surface area contributed by atoms with E-state index in [-0.39, 0.29) is 5.75 Å². The zero-order valence-corrected chi connectivity index (χ0v) is 12.7. The topological polar surface area (TPSA) is 49.4 Å². The maximum atomic E-state index is 12.3. The van der Waals surface area contributed by atoms with Gasteiger partial charge in [-0.15, -0.1) is 0 Å². The zero-order valence-electron chi connectivity index (χ0n) is 10.3. The molecule has 0 atom stereocenters. The van der Waals surface area contributed by atoms with Crippen LogP contribution in [0, 0.1) is 6.92 Å². The SMILES string of the molecule is Cc1cc(Br)ccc1N1CCNCCCS1(=O)=O. The molecule has 1 N–H and O–H groups in total. The summed E-state index contributed by atoms with van der Waals surface area (Å²) in [7, 11) is -3.19. The summed E-state index contributed by atoms with van der Waals surface area (Å²) in [6.07, 6.45) is 0.661. The van der Waals surface area contributed by atoms with Gasteiger partial charge >= 0.3 is 0 Å². The summed E-state index contributed by atoms with van der Waals surface area (Å²) < 4.78 is 27.1. The van der Waals surface area contributed by atoms with Gasteiger partial charge in [0.05, 0.1) is 11.4 Å². The van der Waals surface area contributed by atoms with Crippen LogP contribution in [0.4, 0.5) is 5.69 Å². The number of sulfonamides is 1. The van der Waals surface area contributed by atoms with Crippen molar-refractivity contribution in [2.75, 3.05) is 29.7 Å². The average molecular weight is 333 g/mol. The summed E-state index contributed by atoms with van der Waals surface area (Å²) >= 11 is 3.40. The van der Waals surface area contributed by atoms with Crippen LogP contribution in [0.2, 0.25) is 0 Å². The van der Waals surface area contributed by atoms with Crippen LogP contribution in [0.15, 0.2) is 22.7 Å². The fraction of sp³-hybridized carbons (Fsp3) is 0.500. The molecule has 18 heavy (non-hydrogen) atoms. The molecule has 0 spiro atoms. The second kappa shape index (κ2) is 5.59. The molecule has 1 fully saturated rings. The summed E-state index contributed by atoms with van der Waals surface area (Å²) in [5, 5.41) is 3.24. The Hall–Kier alpha value is -0.590. The van der Waals surface area contributed by atoms with Crippen molar-refractivity contribution in [3.05, 3.63) is 28.2 Å². The molecular weight excluding hydrogens is 316 g/mol. The lowest BCUT2D eigenvalue weighted by atomic mass is 10.2. The van der Waals surface area contributed by atoms with Crippen LogP contribution in [0.5, 0.6) is 0 Å². The van der Waals surface area contributed by atoms with Crippen molar-refractivity contribution in [3.8, 4) is 0 Å². The van der Waals surface area contributed by atoms with Crippen LogP contribution in [0.25, 0.3) is 0 Å². The van der Waals surface area contributed by atoms with Gasteiger partial charge < -0.3 is 5.32 Å². The molecule has 1 saturated heterocycles. The van der Waals surface area contributed by atoms with Crippen LogP contribution in [0.1, 0.15) is 12.0 Å². The summed E-state index contributed by atoms with van der Waals surface area (Å²) in [5.41, 5.74) is 1.75. The highest BCUT2D eigenvalue weighted by atomic mass is 79.9. The van der Waals surface area contributed by atoms with Gasteiger partial charge in [0, 0.05) is 17.6 Å². The number of anilines is 1. The number of rotatable bonds is 1. The zero-order chi connectivity index (χ0) is 13.2. The monoisotopic (exact) mass is 332 g/mol. The third-order valence-electron chi connectivity index (χ3n) is 3.01. The van der Waals surface area contributed by atoms with Crippen molar-refractivity contribution in [1.82, 2.24) is 5.32 Å². The molecule has 0 aromatic heterocycles. The van der Waals surface area contributed by atoms with Crippen molar-refractivity contribution in [2.24, 2.45) is 0 Å². The van der Waals surface area contributed by atoms with Gasteiger partial charge in [-0.1, -0.05) is 15.9 Å². The minimum Gasteiger partial charge on any atom is -0.315 e. The van der Waals surface area contributed by atoms with Crippen LogP contribution >= 0.6 is 15.9 Å². The van der Waals surface area contributed by atoms with Crippen molar-refractivity contribution < 1.29 is 8.42 Å². The van der Waals surface area contributed by atoms with Crippen molar-refractivity contribution in [2.45, 2.75) is 13.3 Å². The van der Waals surface area contributed by atoms with Gasteiger partial charge in [0.25, 0.3) is 0 Å². The van der Waals surface area contributed by atoms with E-state index in [0.29, 0.717) is 19.5 Å². The van der Waals surface area contributed by atoms with Gasteiger partial charge in [0.15, 0.2) is 0 Å². The second-order valence-electron chi connectivity index (χ2n) is 4.42. The normalized spacial score (nSPS) is 20.2. The summed E-state index contributed by atoms with van der Waals surface area (Å²) in [4.78, 5) is 0. The number of aryl methyl sites for hydroxylation is 1. The van der Waals surface area contributed by atoms with Gasteiger partial charge in [-0.3, -0.25) is 4.31 Å². The minimum absolute atomic E-state index is 0.204. The van der Waals surface area contributed by atoms with Gasteiger partial charge in [0.2, 0.25) is 10.0 Å². The first-order chi connectivity index (χ1) is 8.50. The lowest BCUT2D eigenvalue weighted by molar-refractivity contribution is 0.572. The second-order valence-corrected chi connectivity index (χ2v) is 7.35. The Morgan fingerprint density at radius 3 is 2.83 bits per heavy atom. The maximum absolute atomic E-state index is 12.3. The Labute approximate surface area is 117 Å². The van der Waals surface area contributed by atoms with E-state index >= 15 is 0 Å². The molecule has 0 saturated carbocycles. The van der Waals surface area contributed by atoms with E-state index in [1.165, 1.54) is 4.31 Å². The molecule has 1 aromatic carbocycles. The molecule has 1 aliphatic rings. The van der Waals surface area contributed by atoms with E-state index in [4.69, 9.17) is 0 Å². The molecule has 4 nitrogen and oxygen atoms in total. The molecular formula is C12H17BrN2O2S. The van der Waals surface area contributed by atoms with Crippen molar-refractivity contribution in [3.63, 3.8) is 0 Å². The highest BCUT2D eigenvalue weighted by Crippen LogP contribution is 2.26. The largest absolute Gasteiger partial charge is 0.315 e. The number of halogens is 1. The first-order valence-corrected chi connectivity index (χ1v) is 8.38. The first-order valence-electron chi connectivity index (χ1n) is 5.98. The minimum atomic E-state index is -3.19. The predicted octanol–water partition coefficient (Wildman–Crippen LogP) is 1.89. The lowest BCUT2D eigenvalue weighted by Gasteiger charge is -2.28. The predicted molar refractivity (Wildman–Crippen MR) is 77.5 cm³/mol. The smallest absolute Gasteiger partial charge is 0.235 e.